The number of nitrogens with zero attached hydrogens (tertiary/aromatic N) is 4. The summed E-state index contributed by atoms with van der Waals surface area (Å²) in [5.41, 5.74) is 1.21. The zero-order chi connectivity index (χ0) is 16.1. The molecule has 0 aliphatic carbocycles. The first-order valence-electron chi connectivity index (χ1n) is 7.98. The lowest BCUT2D eigenvalue weighted by molar-refractivity contribution is 0.0945. The Labute approximate surface area is 136 Å². The van der Waals surface area contributed by atoms with E-state index < -0.39 is 0 Å². The molecule has 0 radical (unpaired) electrons. The molecule has 0 aromatic carbocycles. The monoisotopic (exact) mass is 311 g/mol. The summed E-state index contributed by atoms with van der Waals surface area (Å²) in [5, 5.41) is 2.84. The molecule has 23 heavy (non-hydrogen) atoms. The van der Waals surface area contributed by atoms with Crippen LogP contribution in [-0.2, 0) is 6.54 Å². The highest BCUT2D eigenvalue weighted by molar-refractivity contribution is 5.92. The first-order valence-corrected chi connectivity index (χ1v) is 7.98. The number of nitrogens with one attached hydrogen (secondary N) is 1. The van der Waals surface area contributed by atoms with E-state index in [2.05, 4.69) is 32.1 Å². The molecule has 0 saturated carbocycles. The lowest BCUT2D eigenvalue weighted by atomic mass is 10.0. The zero-order valence-electron chi connectivity index (χ0n) is 13.3. The predicted molar refractivity (Wildman–Crippen MR) is 88.1 cm³/mol. The average molecular weight is 311 g/mol. The third-order valence-electron chi connectivity index (χ3n) is 3.97. The van der Waals surface area contributed by atoms with Crippen molar-refractivity contribution in [1.29, 1.82) is 0 Å². The highest BCUT2D eigenvalue weighted by Gasteiger charge is 2.19. The molecule has 1 aliphatic rings. The van der Waals surface area contributed by atoms with Crippen molar-refractivity contribution < 1.29 is 4.79 Å². The predicted octanol–water partition coefficient (Wildman–Crippen LogP) is 2.04. The number of carbonyl (C=O) groups excluding carboxylic acids is 1. The molecule has 1 N–H and O–H groups in total. The van der Waals surface area contributed by atoms with Crippen molar-refractivity contribution in [2.75, 3.05) is 18.0 Å². The van der Waals surface area contributed by atoms with Crippen molar-refractivity contribution in [2.24, 2.45) is 5.92 Å². The van der Waals surface area contributed by atoms with Gasteiger partial charge in [0.2, 0.25) is 5.95 Å². The fourth-order valence-electron chi connectivity index (χ4n) is 2.76. The van der Waals surface area contributed by atoms with Crippen LogP contribution in [0.3, 0.4) is 0 Å². The van der Waals surface area contributed by atoms with Gasteiger partial charge in [-0.3, -0.25) is 9.78 Å². The third kappa shape index (κ3) is 4.03. The van der Waals surface area contributed by atoms with E-state index in [0.717, 1.165) is 25.2 Å². The molecule has 1 atom stereocenters. The van der Waals surface area contributed by atoms with Crippen LogP contribution < -0.4 is 10.2 Å². The molecule has 1 aliphatic heterocycles. The molecule has 3 rings (SSSR count). The number of carbonyl (C=O) groups is 1. The van der Waals surface area contributed by atoms with Crippen LogP contribution in [0.4, 0.5) is 5.95 Å². The highest BCUT2D eigenvalue weighted by Crippen LogP contribution is 2.19. The maximum Gasteiger partial charge on any atom is 0.270 e. The molecule has 2 aromatic rings. The minimum Gasteiger partial charge on any atom is -0.345 e. The maximum atomic E-state index is 12.3. The topological polar surface area (TPSA) is 71.0 Å². The number of hydrogen-bond donors (Lipinski definition) is 1. The van der Waals surface area contributed by atoms with Gasteiger partial charge in [-0.2, -0.15) is 0 Å². The Balaban J connectivity index is 1.65. The Morgan fingerprint density at radius 2 is 2.22 bits per heavy atom. The molecule has 2 aromatic heterocycles. The van der Waals surface area contributed by atoms with Crippen LogP contribution >= 0.6 is 0 Å². The Kier molecular flexibility index (Phi) is 4.80. The standard InChI is InChI=1S/C17H21N5O/c1-13-5-4-10-22(12-13)17-19-9-7-15(21-17)16(23)20-11-14-6-2-3-8-18-14/h2-3,6-9,13H,4-5,10-12H2,1H3,(H,20,23). The second-order valence-electron chi connectivity index (χ2n) is 5.94. The van der Waals surface area contributed by atoms with Gasteiger partial charge in [-0.1, -0.05) is 13.0 Å². The summed E-state index contributed by atoms with van der Waals surface area (Å²) in [5.74, 6) is 1.07. The molecule has 0 bridgehead atoms. The third-order valence-corrected chi connectivity index (χ3v) is 3.97. The Hall–Kier alpha value is -2.50. The molecule has 1 saturated heterocycles. The normalized spacial score (nSPS) is 17.8. The van der Waals surface area contributed by atoms with Crippen molar-refractivity contribution in [3.63, 3.8) is 0 Å². The minimum absolute atomic E-state index is 0.204. The lowest BCUT2D eigenvalue weighted by Crippen LogP contribution is -2.36. The summed E-state index contributed by atoms with van der Waals surface area (Å²) < 4.78 is 0. The Bertz CT molecular complexity index is 661. The van der Waals surface area contributed by atoms with E-state index in [4.69, 9.17) is 0 Å². The number of anilines is 1. The smallest absolute Gasteiger partial charge is 0.270 e. The highest BCUT2D eigenvalue weighted by atomic mass is 16.1. The van der Waals surface area contributed by atoms with Gasteiger partial charge in [0.15, 0.2) is 0 Å². The molecule has 1 fully saturated rings. The van der Waals surface area contributed by atoms with Gasteiger partial charge in [-0.25, -0.2) is 9.97 Å². The van der Waals surface area contributed by atoms with Crippen LogP contribution in [0.1, 0.15) is 35.9 Å². The van der Waals surface area contributed by atoms with Gasteiger partial charge in [0, 0.05) is 25.5 Å². The largest absolute Gasteiger partial charge is 0.345 e. The van der Waals surface area contributed by atoms with Gasteiger partial charge in [0.05, 0.1) is 12.2 Å². The van der Waals surface area contributed by atoms with Crippen LogP contribution in [0.2, 0.25) is 0 Å². The summed E-state index contributed by atoms with van der Waals surface area (Å²) in [4.78, 5) is 27.4. The Morgan fingerprint density at radius 1 is 1.30 bits per heavy atom. The Morgan fingerprint density at radius 3 is 3.00 bits per heavy atom. The van der Waals surface area contributed by atoms with Crippen molar-refractivity contribution in [2.45, 2.75) is 26.3 Å². The van der Waals surface area contributed by atoms with E-state index in [1.807, 2.05) is 18.2 Å². The van der Waals surface area contributed by atoms with E-state index >= 15 is 0 Å². The summed E-state index contributed by atoms with van der Waals surface area (Å²) in [7, 11) is 0. The van der Waals surface area contributed by atoms with Gasteiger partial charge >= 0.3 is 0 Å². The van der Waals surface area contributed by atoms with Gasteiger partial charge < -0.3 is 10.2 Å². The lowest BCUT2D eigenvalue weighted by Gasteiger charge is -2.30. The first-order chi connectivity index (χ1) is 11.2. The average Bonchev–Trinajstić information content (AvgIpc) is 2.61. The molecule has 1 amide bonds. The summed E-state index contributed by atoms with van der Waals surface area (Å²) >= 11 is 0. The zero-order valence-corrected chi connectivity index (χ0v) is 13.3. The number of amides is 1. The second kappa shape index (κ2) is 7.17. The number of aromatic nitrogens is 3. The first kappa shape index (κ1) is 15.4. The summed E-state index contributed by atoms with van der Waals surface area (Å²) in [6, 6.07) is 7.27. The SMILES string of the molecule is CC1CCCN(c2nccc(C(=O)NCc3ccccn3)n2)C1. The molecular weight excluding hydrogens is 290 g/mol. The van der Waals surface area contributed by atoms with Crippen LogP contribution in [0, 0.1) is 5.92 Å². The van der Waals surface area contributed by atoms with Crippen molar-refractivity contribution in [3.05, 3.63) is 48.0 Å². The van der Waals surface area contributed by atoms with Crippen LogP contribution in [-0.4, -0.2) is 33.9 Å². The molecule has 1 unspecified atom stereocenters. The van der Waals surface area contributed by atoms with Gasteiger partial charge in [-0.05, 0) is 37.0 Å². The summed E-state index contributed by atoms with van der Waals surface area (Å²) in [6.07, 6.45) is 5.74. The fraction of sp³-hybridized carbons (Fsp3) is 0.412. The van der Waals surface area contributed by atoms with Crippen LogP contribution in [0.5, 0.6) is 0 Å². The molecule has 6 nitrogen and oxygen atoms in total. The quantitative estimate of drug-likeness (QED) is 0.935. The molecule has 120 valence electrons. The van der Waals surface area contributed by atoms with Gasteiger partial charge in [0.1, 0.15) is 5.69 Å². The number of rotatable bonds is 4. The maximum absolute atomic E-state index is 12.3. The van der Waals surface area contributed by atoms with Gasteiger partial charge in [-0.15, -0.1) is 0 Å². The van der Waals surface area contributed by atoms with E-state index in [-0.39, 0.29) is 5.91 Å². The van der Waals surface area contributed by atoms with Crippen molar-refractivity contribution in [1.82, 2.24) is 20.3 Å². The molecule has 6 heteroatoms. The minimum atomic E-state index is -0.204. The van der Waals surface area contributed by atoms with Crippen LogP contribution in [0.15, 0.2) is 36.7 Å². The fourth-order valence-corrected chi connectivity index (χ4v) is 2.76. The van der Waals surface area contributed by atoms with E-state index in [1.54, 1.807) is 18.5 Å². The molecule has 0 spiro atoms. The summed E-state index contributed by atoms with van der Waals surface area (Å²) in [6.45, 7) is 4.51. The molecular formula is C17H21N5O. The van der Waals surface area contributed by atoms with E-state index in [1.165, 1.54) is 6.42 Å². The number of piperidine rings is 1. The number of hydrogen-bond acceptors (Lipinski definition) is 5. The second-order valence-corrected chi connectivity index (χ2v) is 5.94. The van der Waals surface area contributed by atoms with E-state index in [9.17, 15) is 4.79 Å². The van der Waals surface area contributed by atoms with Crippen molar-refractivity contribution in [3.8, 4) is 0 Å². The van der Waals surface area contributed by atoms with Crippen molar-refractivity contribution >= 4 is 11.9 Å². The van der Waals surface area contributed by atoms with Gasteiger partial charge in [0.25, 0.3) is 5.91 Å². The number of pyridine rings is 1. The van der Waals surface area contributed by atoms with Crippen LogP contribution in [0.25, 0.3) is 0 Å². The molecule has 3 heterocycles. The van der Waals surface area contributed by atoms with E-state index in [0.29, 0.717) is 24.1 Å².